The molecule has 0 atom stereocenters. The second-order valence-corrected chi connectivity index (χ2v) is 5.88. The summed E-state index contributed by atoms with van der Waals surface area (Å²) in [7, 11) is 0. The second kappa shape index (κ2) is 5.79. The summed E-state index contributed by atoms with van der Waals surface area (Å²) >= 11 is 0. The van der Waals surface area contributed by atoms with E-state index in [1.165, 1.54) is 44.3 Å². The number of aromatic amines is 1. The van der Waals surface area contributed by atoms with Crippen molar-refractivity contribution in [1.29, 1.82) is 0 Å². The average molecular weight is 307 g/mol. The molecule has 1 amide bonds. The summed E-state index contributed by atoms with van der Waals surface area (Å²) in [5, 5.41) is 2.84. The first-order valence-electron chi connectivity index (χ1n) is 7.86. The van der Waals surface area contributed by atoms with E-state index in [-0.39, 0.29) is 5.91 Å². The Kier molecular flexibility index (Phi) is 3.49. The van der Waals surface area contributed by atoms with Crippen molar-refractivity contribution >= 4 is 22.6 Å². The smallest absolute Gasteiger partial charge is 0.275 e. The van der Waals surface area contributed by atoms with Crippen LogP contribution in [0.4, 0.5) is 5.69 Å². The van der Waals surface area contributed by atoms with Gasteiger partial charge in [-0.15, -0.1) is 0 Å². The van der Waals surface area contributed by atoms with Crippen LogP contribution in [0, 0.1) is 0 Å². The normalized spacial score (nSPS) is 15.1. The number of amides is 1. The Balaban J connectivity index is 1.57. The van der Waals surface area contributed by atoms with Crippen LogP contribution < -0.4 is 5.32 Å². The van der Waals surface area contributed by atoms with Crippen LogP contribution in [0.1, 0.15) is 47.9 Å². The molecule has 116 valence electrons. The molecule has 1 aliphatic carbocycles. The fraction of sp³-hybridized carbons (Fsp3) is 0.294. The number of nitrogens with one attached hydrogen (secondary N) is 2. The van der Waals surface area contributed by atoms with Gasteiger partial charge in [-0.3, -0.25) is 9.78 Å². The highest BCUT2D eigenvalue weighted by Crippen LogP contribution is 2.33. The third-order valence-corrected chi connectivity index (χ3v) is 4.30. The third-order valence-electron chi connectivity index (χ3n) is 4.30. The number of hydrogen-bond donors (Lipinski definition) is 2. The highest BCUT2D eigenvalue weighted by Gasteiger charge is 2.20. The van der Waals surface area contributed by atoms with Crippen LogP contribution in [-0.4, -0.2) is 25.8 Å². The second-order valence-electron chi connectivity index (χ2n) is 5.88. The molecule has 2 aromatic heterocycles. The van der Waals surface area contributed by atoms with E-state index < -0.39 is 0 Å². The van der Waals surface area contributed by atoms with Gasteiger partial charge in [-0.2, -0.15) is 0 Å². The number of imidazole rings is 1. The van der Waals surface area contributed by atoms with Crippen molar-refractivity contribution in [2.45, 2.75) is 31.6 Å². The van der Waals surface area contributed by atoms with E-state index in [2.05, 4.69) is 25.3 Å². The summed E-state index contributed by atoms with van der Waals surface area (Å²) in [4.78, 5) is 28.1. The molecule has 0 aliphatic heterocycles. The highest BCUT2D eigenvalue weighted by atomic mass is 16.1. The molecule has 2 heterocycles. The molecule has 0 saturated heterocycles. The van der Waals surface area contributed by atoms with Gasteiger partial charge in [0.15, 0.2) is 0 Å². The monoisotopic (exact) mass is 307 g/mol. The minimum Gasteiger partial charge on any atom is -0.342 e. The van der Waals surface area contributed by atoms with Gasteiger partial charge in [0.1, 0.15) is 11.5 Å². The first-order valence-corrected chi connectivity index (χ1v) is 7.86. The zero-order chi connectivity index (χ0) is 15.6. The number of H-pyrrole nitrogens is 1. The van der Waals surface area contributed by atoms with Crippen LogP contribution in [0.25, 0.3) is 11.0 Å². The maximum atomic E-state index is 12.1. The van der Waals surface area contributed by atoms with Gasteiger partial charge in [-0.1, -0.05) is 12.8 Å². The Labute approximate surface area is 133 Å². The molecule has 4 rings (SSSR count). The fourth-order valence-electron chi connectivity index (χ4n) is 3.11. The molecular weight excluding hydrogens is 290 g/mol. The Morgan fingerprint density at radius 3 is 2.87 bits per heavy atom. The molecule has 0 spiro atoms. The molecule has 6 nitrogen and oxygen atoms in total. The van der Waals surface area contributed by atoms with E-state index >= 15 is 0 Å². The van der Waals surface area contributed by atoms with Gasteiger partial charge < -0.3 is 10.3 Å². The lowest BCUT2D eigenvalue weighted by Gasteiger charge is -2.04. The Hall–Kier alpha value is -2.76. The minimum atomic E-state index is -0.270. The van der Waals surface area contributed by atoms with Gasteiger partial charge in [0.25, 0.3) is 5.91 Å². The fourth-order valence-corrected chi connectivity index (χ4v) is 3.11. The zero-order valence-electron chi connectivity index (χ0n) is 12.6. The predicted octanol–water partition coefficient (Wildman–Crippen LogP) is 3.26. The zero-order valence-corrected chi connectivity index (χ0v) is 12.6. The quantitative estimate of drug-likeness (QED) is 0.778. The van der Waals surface area contributed by atoms with Gasteiger partial charge in [-0.05, 0) is 31.0 Å². The van der Waals surface area contributed by atoms with Crippen LogP contribution in [-0.2, 0) is 0 Å². The lowest BCUT2D eigenvalue weighted by atomic mass is 10.1. The molecule has 1 fully saturated rings. The Bertz CT molecular complexity index is 837. The van der Waals surface area contributed by atoms with Gasteiger partial charge >= 0.3 is 0 Å². The summed E-state index contributed by atoms with van der Waals surface area (Å²) in [6, 6.07) is 5.70. The summed E-state index contributed by atoms with van der Waals surface area (Å²) < 4.78 is 0. The first kappa shape index (κ1) is 13.9. The van der Waals surface area contributed by atoms with Gasteiger partial charge in [0, 0.05) is 24.0 Å². The summed E-state index contributed by atoms with van der Waals surface area (Å²) in [6.07, 6.45) is 9.45. The average Bonchev–Trinajstić information content (AvgIpc) is 3.24. The number of carbonyl (C=O) groups is 1. The Morgan fingerprint density at radius 2 is 2.09 bits per heavy atom. The van der Waals surface area contributed by atoms with Crippen LogP contribution in [0.2, 0.25) is 0 Å². The lowest BCUT2D eigenvalue weighted by molar-refractivity contribution is 0.102. The van der Waals surface area contributed by atoms with Gasteiger partial charge in [-0.25, -0.2) is 9.97 Å². The first-order chi connectivity index (χ1) is 11.3. The molecule has 0 radical (unpaired) electrons. The largest absolute Gasteiger partial charge is 0.342 e. The van der Waals surface area contributed by atoms with Crippen molar-refractivity contribution in [2.24, 2.45) is 0 Å². The molecule has 1 saturated carbocycles. The van der Waals surface area contributed by atoms with Crippen molar-refractivity contribution in [1.82, 2.24) is 19.9 Å². The molecule has 0 bridgehead atoms. The number of hydrogen-bond acceptors (Lipinski definition) is 4. The van der Waals surface area contributed by atoms with E-state index in [9.17, 15) is 4.79 Å². The maximum Gasteiger partial charge on any atom is 0.275 e. The van der Waals surface area contributed by atoms with Crippen LogP contribution in [0.5, 0.6) is 0 Å². The minimum absolute atomic E-state index is 0.270. The SMILES string of the molecule is O=C(Nc1ccc2nc(C3CCCC3)[nH]c2c1)c1cnccn1. The standard InChI is InChI=1S/C17H17N5O/c23-17(15-10-18-7-8-19-15)20-12-5-6-13-14(9-12)22-16(21-13)11-3-1-2-4-11/h5-11H,1-4H2,(H,20,23)(H,21,22). The highest BCUT2D eigenvalue weighted by molar-refractivity contribution is 6.03. The van der Waals surface area contributed by atoms with E-state index in [1.54, 1.807) is 0 Å². The van der Waals surface area contributed by atoms with E-state index in [0.717, 1.165) is 22.5 Å². The van der Waals surface area contributed by atoms with Crippen LogP contribution in [0.15, 0.2) is 36.8 Å². The summed E-state index contributed by atoms with van der Waals surface area (Å²) in [5.41, 5.74) is 2.90. The van der Waals surface area contributed by atoms with Crippen LogP contribution >= 0.6 is 0 Å². The molecule has 3 aromatic rings. The topological polar surface area (TPSA) is 83.6 Å². The Morgan fingerprint density at radius 1 is 1.22 bits per heavy atom. The van der Waals surface area contributed by atoms with E-state index in [0.29, 0.717) is 11.6 Å². The number of nitrogens with zero attached hydrogens (tertiary/aromatic N) is 3. The van der Waals surface area contributed by atoms with Gasteiger partial charge in [0.05, 0.1) is 17.2 Å². The molecule has 1 aliphatic rings. The van der Waals surface area contributed by atoms with Crippen molar-refractivity contribution in [3.8, 4) is 0 Å². The van der Waals surface area contributed by atoms with Crippen molar-refractivity contribution < 1.29 is 4.79 Å². The number of fused-ring (bicyclic) bond motifs is 1. The van der Waals surface area contributed by atoms with Crippen LogP contribution in [0.3, 0.4) is 0 Å². The van der Waals surface area contributed by atoms with Crippen molar-refractivity contribution in [2.75, 3.05) is 5.32 Å². The predicted molar refractivity (Wildman–Crippen MR) is 87.3 cm³/mol. The lowest BCUT2D eigenvalue weighted by Crippen LogP contribution is -2.13. The van der Waals surface area contributed by atoms with Gasteiger partial charge in [0.2, 0.25) is 0 Å². The molecular formula is C17H17N5O. The van der Waals surface area contributed by atoms with E-state index in [4.69, 9.17) is 0 Å². The maximum absolute atomic E-state index is 12.1. The third kappa shape index (κ3) is 2.79. The number of anilines is 1. The number of carbonyl (C=O) groups excluding carboxylic acids is 1. The van der Waals surface area contributed by atoms with Crippen molar-refractivity contribution in [3.63, 3.8) is 0 Å². The summed E-state index contributed by atoms with van der Waals surface area (Å²) in [6.45, 7) is 0. The number of aromatic nitrogens is 4. The molecule has 2 N–H and O–H groups in total. The molecule has 6 heteroatoms. The summed E-state index contributed by atoms with van der Waals surface area (Å²) in [5.74, 6) is 1.34. The molecule has 23 heavy (non-hydrogen) atoms. The number of benzene rings is 1. The van der Waals surface area contributed by atoms with Crippen molar-refractivity contribution in [3.05, 3.63) is 48.3 Å². The molecule has 1 aromatic carbocycles. The number of rotatable bonds is 3. The van der Waals surface area contributed by atoms with E-state index in [1.807, 2.05) is 18.2 Å². The molecule has 0 unspecified atom stereocenters.